The van der Waals surface area contributed by atoms with E-state index in [1.807, 2.05) is 11.8 Å². The van der Waals surface area contributed by atoms with Gasteiger partial charge in [0.05, 0.1) is 16.7 Å². The molecule has 33 heavy (non-hydrogen) atoms. The van der Waals surface area contributed by atoms with Crippen molar-refractivity contribution in [1.82, 2.24) is 9.63 Å². The zero-order chi connectivity index (χ0) is 22.9. The zero-order valence-corrected chi connectivity index (χ0v) is 19.9. The molecule has 1 aromatic heterocycles. The SMILES string of the molecule is CCCn1c2c(c3ccccc31)C(SCCC(=O)ON1C(=O)CCC1=O)Sc1ccccc1-2. The second-order valence-electron chi connectivity index (χ2n) is 8.04. The van der Waals surface area contributed by atoms with Crippen molar-refractivity contribution in [2.45, 2.75) is 48.6 Å². The molecule has 1 saturated heterocycles. The van der Waals surface area contributed by atoms with Gasteiger partial charge in [0.2, 0.25) is 0 Å². The first-order chi connectivity index (χ1) is 16.1. The van der Waals surface area contributed by atoms with Gasteiger partial charge in [0.15, 0.2) is 0 Å². The average molecular weight is 481 g/mol. The molecule has 0 spiro atoms. The van der Waals surface area contributed by atoms with Crippen molar-refractivity contribution < 1.29 is 19.2 Å². The standard InChI is InChI=1S/C25H24N2O4S2/c1-2-14-26-18-9-5-3-7-16(18)23-24(26)17-8-4-6-10-19(17)33-25(23)32-15-13-22(30)31-27-20(28)11-12-21(27)29/h3-10,25H,2,11-15H2,1H3. The Morgan fingerprint density at radius 1 is 1.09 bits per heavy atom. The van der Waals surface area contributed by atoms with Crippen LogP contribution in [-0.4, -0.2) is 33.2 Å². The van der Waals surface area contributed by atoms with Crippen LogP contribution in [0.15, 0.2) is 53.4 Å². The highest BCUT2D eigenvalue weighted by atomic mass is 32.2. The van der Waals surface area contributed by atoms with E-state index in [1.165, 1.54) is 32.6 Å². The first-order valence-corrected chi connectivity index (χ1v) is 13.1. The van der Waals surface area contributed by atoms with E-state index in [1.54, 1.807) is 11.8 Å². The van der Waals surface area contributed by atoms with Gasteiger partial charge in [-0.15, -0.1) is 28.6 Å². The second-order valence-corrected chi connectivity index (χ2v) is 10.7. The van der Waals surface area contributed by atoms with Crippen LogP contribution in [0.5, 0.6) is 0 Å². The van der Waals surface area contributed by atoms with Crippen molar-refractivity contribution in [2.75, 3.05) is 5.75 Å². The number of fused-ring (bicyclic) bond motifs is 5. The number of rotatable bonds is 7. The molecule has 2 aliphatic rings. The van der Waals surface area contributed by atoms with Crippen molar-refractivity contribution >= 4 is 52.2 Å². The van der Waals surface area contributed by atoms with Crippen molar-refractivity contribution in [2.24, 2.45) is 0 Å². The van der Waals surface area contributed by atoms with Gasteiger partial charge in [-0.05, 0) is 18.6 Å². The summed E-state index contributed by atoms with van der Waals surface area (Å²) < 4.78 is 2.55. The first kappa shape index (κ1) is 22.1. The van der Waals surface area contributed by atoms with Crippen LogP contribution < -0.4 is 0 Å². The number of amides is 2. The number of para-hydroxylation sites is 1. The normalized spacial score (nSPS) is 17.4. The fourth-order valence-corrected chi connectivity index (χ4v) is 7.24. The van der Waals surface area contributed by atoms with Crippen molar-refractivity contribution in [3.8, 4) is 11.3 Å². The van der Waals surface area contributed by atoms with Gasteiger partial charge in [-0.1, -0.05) is 43.3 Å². The molecule has 2 aromatic carbocycles. The highest BCUT2D eigenvalue weighted by molar-refractivity contribution is 8.16. The number of nitrogens with zero attached hydrogens (tertiary/aromatic N) is 2. The molecule has 5 rings (SSSR count). The van der Waals surface area contributed by atoms with Crippen molar-refractivity contribution in [1.29, 1.82) is 0 Å². The van der Waals surface area contributed by atoms with Gasteiger partial charge in [0, 0.05) is 52.1 Å². The molecule has 2 aliphatic heterocycles. The molecule has 170 valence electrons. The van der Waals surface area contributed by atoms with Gasteiger partial charge in [0.1, 0.15) is 0 Å². The Bertz CT molecular complexity index is 1240. The minimum Gasteiger partial charge on any atom is -0.340 e. The number of carbonyl (C=O) groups is 3. The number of hydrogen-bond acceptors (Lipinski definition) is 6. The minimum absolute atomic E-state index is 0.101. The van der Waals surface area contributed by atoms with Crippen LogP contribution >= 0.6 is 23.5 Å². The Balaban J connectivity index is 1.40. The number of aromatic nitrogens is 1. The molecular weight excluding hydrogens is 456 g/mol. The summed E-state index contributed by atoms with van der Waals surface area (Å²) in [4.78, 5) is 41.9. The molecule has 0 saturated carbocycles. The molecule has 0 radical (unpaired) electrons. The molecule has 0 N–H and O–H groups in total. The molecular formula is C25H24N2O4S2. The summed E-state index contributed by atoms with van der Waals surface area (Å²) in [5, 5.41) is 1.87. The van der Waals surface area contributed by atoms with Crippen LogP contribution in [0, 0.1) is 0 Å². The van der Waals surface area contributed by atoms with Gasteiger partial charge in [-0.25, -0.2) is 4.79 Å². The number of benzene rings is 2. The van der Waals surface area contributed by atoms with E-state index in [2.05, 4.69) is 60.0 Å². The lowest BCUT2D eigenvalue weighted by atomic mass is 10.1. The molecule has 0 aliphatic carbocycles. The fourth-order valence-electron chi connectivity index (χ4n) is 4.43. The molecule has 1 atom stereocenters. The molecule has 0 bridgehead atoms. The molecule has 2 amide bonds. The number of imide groups is 1. The number of hydrogen-bond donors (Lipinski definition) is 0. The fraction of sp³-hybridized carbons (Fsp3) is 0.320. The highest BCUT2D eigenvalue weighted by Crippen LogP contribution is 2.56. The lowest BCUT2D eigenvalue weighted by molar-refractivity contribution is -0.197. The zero-order valence-electron chi connectivity index (χ0n) is 18.3. The second kappa shape index (κ2) is 9.27. The van der Waals surface area contributed by atoms with Crippen LogP contribution in [0.25, 0.3) is 22.2 Å². The highest BCUT2D eigenvalue weighted by Gasteiger charge is 2.34. The van der Waals surface area contributed by atoms with Crippen LogP contribution in [-0.2, 0) is 25.8 Å². The summed E-state index contributed by atoms with van der Waals surface area (Å²) in [5.74, 6) is -0.926. The van der Waals surface area contributed by atoms with Crippen LogP contribution in [0.2, 0.25) is 0 Å². The van der Waals surface area contributed by atoms with E-state index in [4.69, 9.17) is 4.84 Å². The molecule has 1 unspecified atom stereocenters. The number of aryl methyl sites for hydroxylation is 1. The van der Waals surface area contributed by atoms with Crippen molar-refractivity contribution in [3.05, 3.63) is 54.1 Å². The molecule has 8 heteroatoms. The predicted octanol–water partition coefficient (Wildman–Crippen LogP) is 5.55. The molecule has 1 fully saturated rings. The predicted molar refractivity (Wildman–Crippen MR) is 131 cm³/mol. The summed E-state index contributed by atoms with van der Waals surface area (Å²) in [6.45, 7) is 3.13. The monoisotopic (exact) mass is 480 g/mol. The lowest BCUT2D eigenvalue weighted by Crippen LogP contribution is -2.32. The van der Waals surface area contributed by atoms with E-state index in [-0.39, 0.29) is 23.8 Å². The third-order valence-corrected chi connectivity index (χ3v) is 8.58. The summed E-state index contributed by atoms with van der Waals surface area (Å²) >= 11 is 3.51. The van der Waals surface area contributed by atoms with Crippen LogP contribution in [0.4, 0.5) is 0 Å². The summed E-state index contributed by atoms with van der Waals surface area (Å²) in [6, 6.07) is 17.0. The number of carbonyl (C=O) groups excluding carboxylic acids is 3. The number of thioether (sulfide) groups is 2. The maximum absolute atomic E-state index is 12.3. The maximum atomic E-state index is 12.3. The molecule has 3 aromatic rings. The van der Waals surface area contributed by atoms with Crippen LogP contribution in [0.3, 0.4) is 0 Å². The van der Waals surface area contributed by atoms with E-state index in [0.29, 0.717) is 10.8 Å². The third kappa shape index (κ3) is 4.06. The average Bonchev–Trinajstić information content (AvgIpc) is 3.32. The Morgan fingerprint density at radius 2 is 1.82 bits per heavy atom. The third-order valence-electron chi connectivity index (χ3n) is 5.84. The Kier molecular flexibility index (Phi) is 6.21. The van der Waals surface area contributed by atoms with E-state index >= 15 is 0 Å². The van der Waals surface area contributed by atoms with Gasteiger partial charge in [-0.3, -0.25) is 9.59 Å². The summed E-state index contributed by atoms with van der Waals surface area (Å²) in [6.07, 6.45) is 1.37. The van der Waals surface area contributed by atoms with Crippen molar-refractivity contribution in [3.63, 3.8) is 0 Å². The Labute approximate surface area is 200 Å². The van der Waals surface area contributed by atoms with Crippen LogP contribution in [0.1, 0.15) is 42.8 Å². The largest absolute Gasteiger partial charge is 0.340 e. The van der Waals surface area contributed by atoms with E-state index in [9.17, 15) is 14.4 Å². The molecule has 6 nitrogen and oxygen atoms in total. The van der Waals surface area contributed by atoms with Gasteiger partial charge in [0.25, 0.3) is 11.8 Å². The Hall–Kier alpha value is -2.71. The van der Waals surface area contributed by atoms with Gasteiger partial charge < -0.3 is 9.40 Å². The van der Waals surface area contributed by atoms with E-state index in [0.717, 1.165) is 13.0 Å². The summed E-state index contributed by atoms with van der Waals surface area (Å²) in [5.41, 5.74) is 5.05. The number of hydroxylamine groups is 2. The Morgan fingerprint density at radius 3 is 2.61 bits per heavy atom. The smallest absolute Gasteiger partial charge is 0.334 e. The van der Waals surface area contributed by atoms with Gasteiger partial charge in [-0.2, -0.15) is 0 Å². The van der Waals surface area contributed by atoms with Gasteiger partial charge >= 0.3 is 5.97 Å². The van der Waals surface area contributed by atoms with E-state index < -0.39 is 17.8 Å². The quantitative estimate of drug-likeness (QED) is 0.413. The summed E-state index contributed by atoms with van der Waals surface area (Å²) in [7, 11) is 0. The topological polar surface area (TPSA) is 68.6 Å². The molecule has 3 heterocycles. The first-order valence-electron chi connectivity index (χ1n) is 11.1. The lowest BCUT2D eigenvalue weighted by Gasteiger charge is -2.26. The minimum atomic E-state index is -0.555. The maximum Gasteiger partial charge on any atom is 0.334 e.